The zero-order valence-electron chi connectivity index (χ0n) is 19.9. The fourth-order valence-corrected chi connectivity index (χ4v) is 4.66. The van der Waals surface area contributed by atoms with Gasteiger partial charge in [-0.3, -0.25) is 4.79 Å². The second-order valence-corrected chi connectivity index (χ2v) is 8.87. The highest BCUT2D eigenvalue weighted by Gasteiger charge is 2.27. The minimum absolute atomic E-state index is 0.111. The normalized spacial score (nSPS) is 14.1. The maximum Gasteiger partial charge on any atom is 0.254 e. The van der Waals surface area contributed by atoms with Crippen molar-refractivity contribution in [1.82, 2.24) is 20.4 Å². The first-order valence-corrected chi connectivity index (χ1v) is 11.9. The molecule has 0 saturated carbocycles. The largest absolute Gasteiger partial charge is 0.493 e. The Balaban J connectivity index is 1.55. The summed E-state index contributed by atoms with van der Waals surface area (Å²) in [6.07, 6.45) is 4.27. The lowest BCUT2D eigenvalue weighted by Gasteiger charge is -2.25. The highest BCUT2D eigenvalue weighted by Crippen LogP contribution is 2.32. The molecule has 0 atom stereocenters. The summed E-state index contributed by atoms with van der Waals surface area (Å²) in [6.45, 7) is 4.32. The number of ether oxygens (including phenoxy) is 2. The summed E-state index contributed by atoms with van der Waals surface area (Å²) in [7, 11) is 3.23. The van der Waals surface area contributed by atoms with Crippen LogP contribution in [0.4, 0.5) is 0 Å². The number of hydrogen-bond acceptors (Lipinski definition) is 5. The van der Waals surface area contributed by atoms with Crippen molar-refractivity contribution in [2.45, 2.75) is 32.1 Å². The van der Waals surface area contributed by atoms with Crippen molar-refractivity contribution < 1.29 is 14.3 Å². The van der Waals surface area contributed by atoms with Gasteiger partial charge in [-0.1, -0.05) is 23.7 Å². The number of carbonyl (C=O) groups excluding carboxylic acids is 1. The quantitative estimate of drug-likeness (QED) is 0.501. The van der Waals surface area contributed by atoms with Gasteiger partial charge in [-0.15, -0.1) is 0 Å². The van der Waals surface area contributed by atoms with E-state index in [1.807, 2.05) is 48.0 Å². The summed E-state index contributed by atoms with van der Waals surface area (Å²) in [5, 5.41) is 11.8. The molecule has 3 aromatic rings. The number of piperidine rings is 1. The third kappa shape index (κ3) is 5.05. The molecule has 2 aromatic carbocycles. The van der Waals surface area contributed by atoms with Crippen molar-refractivity contribution in [2.75, 3.05) is 33.9 Å². The molecule has 1 amide bonds. The number of aromatic nitrogens is 2. The van der Waals surface area contributed by atoms with Gasteiger partial charge in [0.25, 0.3) is 5.91 Å². The van der Waals surface area contributed by atoms with Crippen molar-refractivity contribution in [1.29, 1.82) is 0 Å². The molecule has 7 nitrogen and oxygen atoms in total. The molecule has 8 heteroatoms. The number of nitrogens with one attached hydrogen (secondary N) is 2. The van der Waals surface area contributed by atoms with Gasteiger partial charge in [0, 0.05) is 17.5 Å². The summed E-state index contributed by atoms with van der Waals surface area (Å²) in [4.78, 5) is 13.3. The van der Waals surface area contributed by atoms with E-state index in [1.165, 1.54) is 0 Å². The molecule has 34 heavy (non-hydrogen) atoms. The lowest BCUT2D eigenvalue weighted by Crippen LogP contribution is -2.31. The first-order chi connectivity index (χ1) is 16.5. The Hall–Kier alpha value is -3.03. The van der Waals surface area contributed by atoms with Crippen LogP contribution in [0.3, 0.4) is 0 Å². The summed E-state index contributed by atoms with van der Waals surface area (Å²) in [5.74, 6) is 1.50. The predicted octanol–water partition coefficient (Wildman–Crippen LogP) is 4.29. The maximum atomic E-state index is 13.3. The molecule has 1 fully saturated rings. The Kier molecular flexibility index (Phi) is 7.75. The highest BCUT2D eigenvalue weighted by atomic mass is 35.5. The standard InChI is InChI=1S/C26H31ClN4O3/c1-17-21(27)5-4-6-22(17)31-25(19-10-12-28-13-11-19)20(16-30-31)26(32)29-14-9-18-7-8-23(33-2)24(15-18)34-3/h4-8,15-16,19,28H,9-14H2,1-3H3,(H,29,32). The predicted molar refractivity (Wildman–Crippen MR) is 134 cm³/mol. The van der Waals surface area contributed by atoms with Crippen LogP contribution in [-0.2, 0) is 6.42 Å². The van der Waals surface area contributed by atoms with E-state index in [2.05, 4.69) is 15.7 Å². The van der Waals surface area contributed by atoms with Gasteiger partial charge in [0.1, 0.15) is 0 Å². The Morgan fingerprint density at radius 1 is 1.18 bits per heavy atom. The average molecular weight is 483 g/mol. The highest BCUT2D eigenvalue weighted by molar-refractivity contribution is 6.31. The van der Waals surface area contributed by atoms with Gasteiger partial charge in [-0.2, -0.15) is 5.10 Å². The summed E-state index contributed by atoms with van der Waals surface area (Å²) < 4.78 is 12.6. The van der Waals surface area contributed by atoms with E-state index >= 15 is 0 Å². The van der Waals surface area contributed by atoms with Crippen molar-refractivity contribution in [3.05, 3.63) is 70.0 Å². The van der Waals surface area contributed by atoms with Gasteiger partial charge in [-0.05, 0) is 74.7 Å². The second kappa shape index (κ2) is 10.9. The molecule has 1 aliphatic heterocycles. The lowest BCUT2D eigenvalue weighted by molar-refractivity contribution is 0.0952. The van der Waals surface area contributed by atoms with E-state index in [1.54, 1.807) is 20.4 Å². The Bertz CT molecular complexity index is 1150. The second-order valence-electron chi connectivity index (χ2n) is 8.46. The van der Waals surface area contributed by atoms with Crippen LogP contribution >= 0.6 is 11.6 Å². The van der Waals surface area contributed by atoms with E-state index in [-0.39, 0.29) is 11.8 Å². The number of carbonyl (C=O) groups is 1. The number of amides is 1. The molecule has 180 valence electrons. The van der Waals surface area contributed by atoms with Crippen LogP contribution in [0.5, 0.6) is 11.5 Å². The number of hydrogen-bond donors (Lipinski definition) is 2. The molecule has 0 spiro atoms. The fourth-order valence-electron chi connectivity index (χ4n) is 4.49. The van der Waals surface area contributed by atoms with E-state index in [9.17, 15) is 4.79 Å². The monoisotopic (exact) mass is 482 g/mol. The lowest BCUT2D eigenvalue weighted by atomic mass is 9.91. The van der Waals surface area contributed by atoms with E-state index < -0.39 is 0 Å². The van der Waals surface area contributed by atoms with Crippen LogP contribution in [0.2, 0.25) is 5.02 Å². The molecule has 2 N–H and O–H groups in total. The number of nitrogens with zero attached hydrogens (tertiary/aromatic N) is 2. The first kappa shape index (κ1) is 24.1. The van der Waals surface area contributed by atoms with Crippen LogP contribution in [0.15, 0.2) is 42.6 Å². The molecule has 1 aliphatic rings. The maximum absolute atomic E-state index is 13.3. The van der Waals surface area contributed by atoms with E-state index in [0.717, 1.165) is 48.4 Å². The molecular weight excluding hydrogens is 452 g/mol. The third-order valence-corrected chi connectivity index (χ3v) is 6.80. The molecule has 2 heterocycles. The Morgan fingerprint density at radius 3 is 2.68 bits per heavy atom. The van der Waals surface area contributed by atoms with Crippen LogP contribution in [0, 0.1) is 6.92 Å². The number of halogens is 1. The van der Waals surface area contributed by atoms with Crippen molar-refractivity contribution >= 4 is 17.5 Å². The molecule has 4 rings (SSSR count). The summed E-state index contributed by atoms with van der Waals surface area (Å²) in [5.41, 5.74) is 4.49. The van der Waals surface area contributed by atoms with Crippen molar-refractivity contribution in [3.8, 4) is 17.2 Å². The van der Waals surface area contributed by atoms with Crippen LogP contribution in [0.25, 0.3) is 5.69 Å². The third-order valence-electron chi connectivity index (χ3n) is 6.39. The zero-order chi connectivity index (χ0) is 24.1. The first-order valence-electron chi connectivity index (χ1n) is 11.6. The molecule has 0 bridgehead atoms. The minimum atomic E-state index is -0.111. The van der Waals surface area contributed by atoms with Gasteiger partial charge in [-0.25, -0.2) is 4.68 Å². The van der Waals surface area contributed by atoms with E-state index in [0.29, 0.717) is 35.1 Å². The van der Waals surface area contributed by atoms with Gasteiger partial charge in [0.05, 0.1) is 37.4 Å². The van der Waals surface area contributed by atoms with Crippen molar-refractivity contribution in [2.24, 2.45) is 0 Å². The van der Waals surface area contributed by atoms with Gasteiger partial charge in [0.2, 0.25) is 0 Å². The molecule has 0 radical (unpaired) electrons. The SMILES string of the molecule is COc1ccc(CCNC(=O)c2cnn(-c3cccc(Cl)c3C)c2C2CCNCC2)cc1OC. The summed E-state index contributed by atoms with van der Waals surface area (Å²) >= 11 is 6.39. The van der Waals surface area contributed by atoms with Crippen LogP contribution in [0.1, 0.15) is 45.9 Å². The smallest absolute Gasteiger partial charge is 0.254 e. The molecule has 0 aliphatic carbocycles. The number of rotatable bonds is 8. The summed E-state index contributed by atoms with van der Waals surface area (Å²) in [6, 6.07) is 11.6. The minimum Gasteiger partial charge on any atom is -0.493 e. The van der Waals surface area contributed by atoms with Crippen LogP contribution in [-0.4, -0.2) is 49.5 Å². The van der Waals surface area contributed by atoms with Gasteiger partial charge < -0.3 is 20.1 Å². The molecule has 1 saturated heterocycles. The number of methoxy groups -OCH3 is 2. The van der Waals surface area contributed by atoms with Crippen LogP contribution < -0.4 is 20.1 Å². The molecule has 1 aromatic heterocycles. The van der Waals surface area contributed by atoms with Gasteiger partial charge >= 0.3 is 0 Å². The molecule has 0 unspecified atom stereocenters. The van der Waals surface area contributed by atoms with Crippen molar-refractivity contribution in [3.63, 3.8) is 0 Å². The number of benzene rings is 2. The van der Waals surface area contributed by atoms with Gasteiger partial charge in [0.15, 0.2) is 11.5 Å². The Labute approximate surface area is 205 Å². The Morgan fingerprint density at radius 2 is 1.94 bits per heavy atom. The van der Waals surface area contributed by atoms with E-state index in [4.69, 9.17) is 21.1 Å². The average Bonchev–Trinajstić information content (AvgIpc) is 3.31. The molecular formula is C26H31ClN4O3. The zero-order valence-corrected chi connectivity index (χ0v) is 20.6. The fraction of sp³-hybridized carbons (Fsp3) is 0.385. The topological polar surface area (TPSA) is 77.4 Å².